The van der Waals surface area contributed by atoms with Crippen LogP contribution >= 0.6 is 15.9 Å². The van der Waals surface area contributed by atoms with Crippen molar-refractivity contribution in [1.82, 2.24) is 5.32 Å². The first-order valence-corrected chi connectivity index (χ1v) is 6.51. The summed E-state index contributed by atoms with van der Waals surface area (Å²) in [6, 6.07) is 2.63. The van der Waals surface area contributed by atoms with Crippen LogP contribution in [0.5, 0.6) is 0 Å². The van der Waals surface area contributed by atoms with E-state index in [2.05, 4.69) is 21.2 Å². The topological polar surface area (TPSA) is 110 Å². The van der Waals surface area contributed by atoms with Gasteiger partial charge in [-0.3, -0.25) is 14.9 Å². The van der Waals surface area contributed by atoms with Crippen molar-refractivity contribution >= 4 is 33.5 Å². The monoisotopic (exact) mass is 344 g/mol. The molecule has 2 N–H and O–H groups in total. The minimum atomic E-state index is -1.13. The van der Waals surface area contributed by atoms with E-state index in [4.69, 9.17) is 5.11 Å². The van der Waals surface area contributed by atoms with Crippen LogP contribution in [0.2, 0.25) is 0 Å². The quantitative estimate of drug-likeness (QED) is 0.628. The molecule has 1 aromatic rings. The molecule has 0 unspecified atom stereocenters. The number of carboxylic acid groups (broad SMARTS) is 1. The van der Waals surface area contributed by atoms with E-state index in [0.717, 1.165) is 0 Å². The minimum absolute atomic E-state index is 0.141. The smallest absolute Gasteiger partial charge is 0.326 e. The van der Waals surface area contributed by atoms with Gasteiger partial charge in [0, 0.05) is 16.6 Å². The number of aliphatic carboxylic acids is 1. The largest absolute Gasteiger partial charge is 0.480 e. The third-order valence-electron chi connectivity index (χ3n) is 2.63. The molecule has 7 nitrogen and oxygen atoms in total. The number of hydrogen-bond acceptors (Lipinski definition) is 4. The van der Waals surface area contributed by atoms with Gasteiger partial charge >= 0.3 is 5.97 Å². The maximum Gasteiger partial charge on any atom is 0.326 e. The molecule has 0 saturated heterocycles. The van der Waals surface area contributed by atoms with Crippen LogP contribution in [0.1, 0.15) is 24.2 Å². The summed E-state index contributed by atoms with van der Waals surface area (Å²) in [5, 5.41) is 22.0. The zero-order valence-electron chi connectivity index (χ0n) is 10.8. The highest BCUT2D eigenvalue weighted by Gasteiger charge is 2.25. The Morgan fingerprint density at radius 3 is 2.40 bits per heavy atom. The molecule has 20 heavy (non-hydrogen) atoms. The standard InChI is InChI=1S/C12H13BrN2O5/c1-6(2)10(12(17)18)14-11(16)8-4-3-7(15(19)20)5-9(8)13/h3-6,10H,1-2H3,(H,14,16)(H,17,18)/t10-/m0/s1. The summed E-state index contributed by atoms with van der Waals surface area (Å²) < 4.78 is 0.233. The van der Waals surface area contributed by atoms with Crippen molar-refractivity contribution in [2.24, 2.45) is 5.92 Å². The van der Waals surface area contributed by atoms with E-state index in [-0.39, 0.29) is 21.6 Å². The summed E-state index contributed by atoms with van der Waals surface area (Å²) in [6.07, 6.45) is 0. The van der Waals surface area contributed by atoms with Gasteiger partial charge in [0.05, 0.1) is 10.5 Å². The number of benzene rings is 1. The number of nitro benzene ring substituents is 1. The number of carbonyl (C=O) groups excluding carboxylic acids is 1. The van der Waals surface area contributed by atoms with E-state index in [1.54, 1.807) is 13.8 Å². The zero-order chi connectivity index (χ0) is 15.4. The van der Waals surface area contributed by atoms with Crippen LogP contribution in [0.3, 0.4) is 0 Å². The van der Waals surface area contributed by atoms with E-state index in [1.807, 2.05) is 0 Å². The molecule has 0 spiro atoms. The fourth-order valence-electron chi connectivity index (χ4n) is 1.53. The lowest BCUT2D eigenvalue weighted by molar-refractivity contribution is -0.384. The van der Waals surface area contributed by atoms with Gasteiger partial charge in [-0.1, -0.05) is 13.8 Å². The molecule has 0 aromatic heterocycles. The Kier molecular flexibility index (Phi) is 5.20. The molecule has 0 aliphatic carbocycles. The predicted octanol–water partition coefficient (Wildman–Crippen LogP) is 2.20. The van der Waals surface area contributed by atoms with Crippen molar-refractivity contribution < 1.29 is 19.6 Å². The lowest BCUT2D eigenvalue weighted by atomic mass is 10.0. The van der Waals surface area contributed by atoms with Crippen LogP contribution in [-0.2, 0) is 4.79 Å². The summed E-state index contributed by atoms with van der Waals surface area (Å²) in [7, 11) is 0. The number of nitrogens with zero attached hydrogens (tertiary/aromatic N) is 1. The maximum absolute atomic E-state index is 12.0. The second kappa shape index (κ2) is 6.47. The summed E-state index contributed by atoms with van der Waals surface area (Å²) in [4.78, 5) is 33.0. The fraction of sp³-hybridized carbons (Fsp3) is 0.333. The van der Waals surface area contributed by atoms with E-state index in [1.165, 1.54) is 18.2 Å². The predicted molar refractivity (Wildman–Crippen MR) is 74.5 cm³/mol. The molecule has 0 bridgehead atoms. The van der Waals surface area contributed by atoms with Crippen LogP contribution in [0.4, 0.5) is 5.69 Å². The number of hydrogen-bond donors (Lipinski definition) is 2. The van der Waals surface area contributed by atoms with Crippen LogP contribution < -0.4 is 5.32 Å². The fourth-order valence-corrected chi connectivity index (χ4v) is 2.08. The molecule has 8 heteroatoms. The van der Waals surface area contributed by atoms with Crippen molar-refractivity contribution in [3.8, 4) is 0 Å². The number of carbonyl (C=O) groups is 2. The van der Waals surface area contributed by atoms with Crippen LogP contribution in [-0.4, -0.2) is 27.9 Å². The Morgan fingerprint density at radius 2 is 2.00 bits per heavy atom. The second-order valence-corrected chi connectivity index (χ2v) is 5.31. The third kappa shape index (κ3) is 3.77. The molecule has 0 radical (unpaired) electrons. The number of carboxylic acids is 1. The van der Waals surface area contributed by atoms with Crippen molar-refractivity contribution in [2.45, 2.75) is 19.9 Å². The molecular weight excluding hydrogens is 332 g/mol. The van der Waals surface area contributed by atoms with E-state index in [0.29, 0.717) is 0 Å². The van der Waals surface area contributed by atoms with Gasteiger partial charge in [0.1, 0.15) is 6.04 Å². The number of rotatable bonds is 5. The van der Waals surface area contributed by atoms with Gasteiger partial charge in [-0.05, 0) is 27.9 Å². The van der Waals surface area contributed by atoms with E-state index >= 15 is 0 Å². The molecule has 1 rings (SSSR count). The average Bonchev–Trinajstić information content (AvgIpc) is 2.34. The highest BCUT2D eigenvalue weighted by molar-refractivity contribution is 9.10. The van der Waals surface area contributed by atoms with E-state index in [9.17, 15) is 19.7 Å². The molecule has 0 aliphatic rings. The lowest BCUT2D eigenvalue weighted by Crippen LogP contribution is -2.44. The SMILES string of the molecule is CC(C)[C@H](NC(=O)c1ccc([N+](=O)[O-])cc1Br)C(=O)O. The van der Waals surface area contributed by atoms with Crippen molar-refractivity contribution in [3.63, 3.8) is 0 Å². The number of amides is 1. The highest BCUT2D eigenvalue weighted by atomic mass is 79.9. The highest BCUT2D eigenvalue weighted by Crippen LogP contribution is 2.23. The van der Waals surface area contributed by atoms with Crippen LogP contribution in [0.25, 0.3) is 0 Å². The Balaban J connectivity index is 2.98. The first-order chi connectivity index (χ1) is 9.23. The van der Waals surface area contributed by atoms with Gasteiger partial charge < -0.3 is 10.4 Å². The average molecular weight is 345 g/mol. The summed E-state index contributed by atoms with van der Waals surface area (Å²) >= 11 is 3.07. The van der Waals surface area contributed by atoms with Gasteiger partial charge in [0.15, 0.2) is 0 Å². The Morgan fingerprint density at radius 1 is 1.40 bits per heavy atom. The van der Waals surface area contributed by atoms with Crippen LogP contribution in [0, 0.1) is 16.0 Å². The van der Waals surface area contributed by atoms with Crippen LogP contribution in [0.15, 0.2) is 22.7 Å². The summed E-state index contributed by atoms with van der Waals surface area (Å²) in [5.41, 5.74) is -0.0189. The van der Waals surface area contributed by atoms with Crippen molar-refractivity contribution in [3.05, 3.63) is 38.3 Å². The Labute approximate surface area is 123 Å². The molecule has 0 saturated carbocycles. The molecule has 0 fully saturated rings. The first kappa shape index (κ1) is 16.1. The molecular formula is C12H13BrN2O5. The van der Waals surface area contributed by atoms with Crippen molar-refractivity contribution in [2.75, 3.05) is 0 Å². The number of nitrogens with one attached hydrogen (secondary N) is 1. The molecule has 0 heterocycles. The number of halogens is 1. The molecule has 1 atom stereocenters. The molecule has 0 aliphatic heterocycles. The molecule has 1 amide bonds. The van der Waals surface area contributed by atoms with Crippen molar-refractivity contribution in [1.29, 1.82) is 0 Å². The van der Waals surface area contributed by atoms with E-state index < -0.39 is 22.8 Å². The van der Waals surface area contributed by atoms with Gasteiger partial charge in [0.25, 0.3) is 11.6 Å². The lowest BCUT2D eigenvalue weighted by Gasteiger charge is -2.18. The third-order valence-corrected chi connectivity index (χ3v) is 3.28. The van der Waals surface area contributed by atoms with Gasteiger partial charge in [-0.15, -0.1) is 0 Å². The summed E-state index contributed by atoms with van der Waals surface area (Å²) in [5.74, 6) is -2.02. The zero-order valence-corrected chi connectivity index (χ0v) is 12.4. The normalized spacial score (nSPS) is 12.0. The van der Waals surface area contributed by atoms with Gasteiger partial charge in [-0.25, -0.2) is 4.79 Å². The minimum Gasteiger partial charge on any atom is -0.480 e. The first-order valence-electron chi connectivity index (χ1n) is 5.71. The van der Waals surface area contributed by atoms with Gasteiger partial charge in [-0.2, -0.15) is 0 Å². The maximum atomic E-state index is 12.0. The molecule has 108 valence electrons. The van der Waals surface area contributed by atoms with Gasteiger partial charge in [0.2, 0.25) is 0 Å². The summed E-state index contributed by atoms with van der Waals surface area (Å²) in [6.45, 7) is 3.34. The Hall–Kier alpha value is -1.96. The second-order valence-electron chi connectivity index (χ2n) is 4.45. The Bertz CT molecular complexity index is 559. The number of non-ortho nitro benzene ring substituents is 1. The number of nitro groups is 1. The molecule has 1 aromatic carbocycles.